The number of nitrogens with zero attached hydrogens (tertiary/aromatic N) is 2. The molecule has 1 aliphatic rings. The zero-order valence-electron chi connectivity index (χ0n) is 17.2. The van der Waals surface area contributed by atoms with Gasteiger partial charge < -0.3 is 10.1 Å². The highest BCUT2D eigenvalue weighted by molar-refractivity contribution is 7.89. The highest BCUT2D eigenvalue weighted by Gasteiger charge is 2.25. The predicted octanol–water partition coefficient (Wildman–Crippen LogP) is 2.64. The summed E-state index contributed by atoms with van der Waals surface area (Å²) in [5.41, 5.74) is 1.42. The molecule has 158 valence electrons. The van der Waals surface area contributed by atoms with Gasteiger partial charge in [-0.15, -0.1) is 0 Å². The van der Waals surface area contributed by atoms with Gasteiger partial charge in [0.1, 0.15) is 16.3 Å². The molecule has 1 fully saturated rings. The maximum Gasteiger partial charge on any atom is 0.269 e. The van der Waals surface area contributed by atoms with E-state index in [2.05, 4.69) is 22.4 Å². The zero-order chi connectivity index (χ0) is 21.2. The fourth-order valence-electron chi connectivity index (χ4n) is 3.60. The Labute approximate surface area is 171 Å². The van der Waals surface area contributed by atoms with Crippen LogP contribution in [0.3, 0.4) is 0 Å². The number of hydrogen-bond donors (Lipinski definition) is 2. The lowest BCUT2D eigenvalue weighted by Crippen LogP contribution is -2.41. The predicted molar refractivity (Wildman–Crippen MR) is 110 cm³/mol. The van der Waals surface area contributed by atoms with Crippen LogP contribution in [-0.2, 0) is 10.0 Å². The summed E-state index contributed by atoms with van der Waals surface area (Å²) in [5.74, 6) is 0.509. The highest BCUT2D eigenvalue weighted by Crippen LogP contribution is 2.31. The second-order valence-corrected chi connectivity index (χ2v) is 9.78. The van der Waals surface area contributed by atoms with E-state index in [1.54, 1.807) is 18.2 Å². The maximum atomic E-state index is 12.6. The number of rotatable bonds is 6. The lowest BCUT2D eigenvalue weighted by molar-refractivity contribution is 0.0905. The largest absolute Gasteiger partial charge is 0.495 e. The molecule has 1 aliphatic carbocycles. The minimum absolute atomic E-state index is 0.0486. The standard InChI is InChI=1S/C20H28N4O4S/c1-13-7-5-6-8-15(13)21-20(25)17-12-16(22-23-17)14-9-10-18(28-4)19(11-14)29(26,27)24(2)3/h9-13,15H,5-8H2,1-4H3,(H,21,25)(H,22,23)/t13-,15+/m0/s1. The molecule has 3 rings (SSSR count). The Morgan fingerprint density at radius 3 is 2.62 bits per heavy atom. The molecule has 1 saturated carbocycles. The number of sulfonamides is 1. The molecular weight excluding hydrogens is 392 g/mol. The summed E-state index contributed by atoms with van der Waals surface area (Å²) in [5, 5.41) is 10.1. The third-order valence-corrected chi connectivity index (χ3v) is 7.30. The van der Waals surface area contributed by atoms with Gasteiger partial charge in [-0.1, -0.05) is 19.8 Å². The first-order valence-corrected chi connectivity index (χ1v) is 11.1. The minimum atomic E-state index is -3.69. The maximum absolute atomic E-state index is 12.6. The van der Waals surface area contributed by atoms with Crippen molar-refractivity contribution in [3.63, 3.8) is 0 Å². The minimum Gasteiger partial charge on any atom is -0.495 e. The quantitative estimate of drug-likeness (QED) is 0.748. The topological polar surface area (TPSA) is 104 Å². The number of H-pyrrole nitrogens is 1. The molecule has 0 radical (unpaired) electrons. The van der Waals surface area contributed by atoms with Crippen LogP contribution in [0.4, 0.5) is 0 Å². The van der Waals surface area contributed by atoms with E-state index in [1.165, 1.54) is 33.7 Å². The molecule has 0 unspecified atom stereocenters. The molecule has 2 atom stereocenters. The molecule has 1 aromatic carbocycles. The van der Waals surface area contributed by atoms with Crippen LogP contribution in [0.2, 0.25) is 0 Å². The highest BCUT2D eigenvalue weighted by atomic mass is 32.2. The summed E-state index contributed by atoms with van der Waals surface area (Å²) in [4.78, 5) is 12.7. The van der Waals surface area contributed by atoms with Crippen molar-refractivity contribution in [2.75, 3.05) is 21.2 Å². The normalized spacial score (nSPS) is 19.9. The number of benzene rings is 1. The fourth-order valence-corrected chi connectivity index (χ4v) is 4.67. The Bertz CT molecular complexity index is 984. The Morgan fingerprint density at radius 2 is 1.97 bits per heavy atom. The van der Waals surface area contributed by atoms with Gasteiger partial charge in [0.25, 0.3) is 5.91 Å². The van der Waals surface area contributed by atoms with Crippen LogP contribution in [0.1, 0.15) is 43.1 Å². The SMILES string of the molecule is COc1ccc(-c2cc(C(=O)N[C@@H]3CCCC[C@@H]3C)[nH]n2)cc1S(=O)(=O)N(C)C. The average Bonchev–Trinajstić information content (AvgIpc) is 3.19. The number of carbonyl (C=O) groups excluding carboxylic acids is 1. The van der Waals surface area contributed by atoms with Crippen molar-refractivity contribution in [1.82, 2.24) is 19.8 Å². The van der Waals surface area contributed by atoms with Gasteiger partial charge in [0.2, 0.25) is 10.0 Å². The van der Waals surface area contributed by atoms with E-state index in [-0.39, 0.29) is 22.6 Å². The van der Waals surface area contributed by atoms with Gasteiger partial charge in [-0.2, -0.15) is 5.10 Å². The number of aromatic amines is 1. The van der Waals surface area contributed by atoms with Crippen LogP contribution in [0.15, 0.2) is 29.2 Å². The molecule has 2 aromatic rings. The molecule has 1 heterocycles. The summed E-state index contributed by atoms with van der Waals surface area (Å²) in [6, 6.07) is 6.62. The van der Waals surface area contributed by atoms with Crippen LogP contribution in [0.5, 0.6) is 5.75 Å². The number of carbonyl (C=O) groups is 1. The molecule has 0 saturated heterocycles. The summed E-state index contributed by atoms with van der Waals surface area (Å²) < 4.78 is 31.6. The van der Waals surface area contributed by atoms with Crippen molar-refractivity contribution < 1.29 is 17.9 Å². The van der Waals surface area contributed by atoms with Crippen molar-refractivity contribution in [3.05, 3.63) is 30.0 Å². The van der Waals surface area contributed by atoms with Crippen molar-refractivity contribution in [2.45, 2.75) is 43.5 Å². The third-order valence-electron chi connectivity index (χ3n) is 5.47. The van der Waals surface area contributed by atoms with Crippen LogP contribution in [0, 0.1) is 5.92 Å². The van der Waals surface area contributed by atoms with E-state index >= 15 is 0 Å². The molecule has 0 spiro atoms. The van der Waals surface area contributed by atoms with E-state index in [1.807, 2.05) is 0 Å². The van der Waals surface area contributed by atoms with Crippen LogP contribution in [-0.4, -0.2) is 56.1 Å². The number of methoxy groups -OCH3 is 1. The molecular formula is C20H28N4O4S. The second kappa shape index (κ2) is 8.54. The first-order chi connectivity index (χ1) is 13.7. The molecule has 0 bridgehead atoms. The Kier molecular flexibility index (Phi) is 6.28. The summed E-state index contributed by atoms with van der Waals surface area (Å²) >= 11 is 0. The smallest absolute Gasteiger partial charge is 0.269 e. The monoisotopic (exact) mass is 420 g/mol. The summed E-state index contributed by atoms with van der Waals surface area (Å²) in [7, 11) is 0.656. The molecule has 2 N–H and O–H groups in total. The second-order valence-electron chi connectivity index (χ2n) is 7.66. The van der Waals surface area contributed by atoms with Gasteiger partial charge in [0.05, 0.1) is 12.8 Å². The van der Waals surface area contributed by atoms with E-state index in [9.17, 15) is 13.2 Å². The first-order valence-electron chi connectivity index (χ1n) is 9.71. The van der Waals surface area contributed by atoms with Gasteiger partial charge >= 0.3 is 0 Å². The van der Waals surface area contributed by atoms with Crippen LogP contribution < -0.4 is 10.1 Å². The van der Waals surface area contributed by atoms with E-state index < -0.39 is 10.0 Å². The molecule has 29 heavy (non-hydrogen) atoms. The van der Waals surface area contributed by atoms with Crippen LogP contribution >= 0.6 is 0 Å². The van der Waals surface area contributed by atoms with E-state index in [4.69, 9.17) is 4.74 Å². The Hall–Kier alpha value is -2.39. The Morgan fingerprint density at radius 1 is 1.24 bits per heavy atom. The number of amides is 1. The number of nitrogens with one attached hydrogen (secondary N) is 2. The van der Waals surface area contributed by atoms with Gasteiger partial charge in [-0.05, 0) is 43.0 Å². The number of ether oxygens (including phenoxy) is 1. The third kappa shape index (κ3) is 4.45. The van der Waals surface area contributed by atoms with E-state index in [0.29, 0.717) is 22.9 Å². The summed E-state index contributed by atoms with van der Waals surface area (Å²) in [6.45, 7) is 2.16. The average molecular weight is 421 g/mol. The van der Waals surface area contributed by atoms with Gasteiger partial charge in [0, 0.05) is 25.7 Å². The van der Waals surface area contributed by atoms with Crippen molar-refractivity contribution in [3.8, 4) is 17.0 Å². The van der Waals surface area contributed by atoms with Crippen molar-refractivity contribution in [2.24, 2.45) is 5.92 Å². The lowest BCUT2D eigenvalue weighted by atomic mass is 9.86. The molecule has 1 aromatic heterocycles. The Balaban J connectivity index is 1.85. The zero-order valence-corrected chi connectivity index (χ0v) is 18.0. The summed E-state index contributed by atoms with van der Waals surface area (Å²) in [6.07, 6.45) is 4.43. The molecule has 8 nitrogen and oxygen atoms in total. The number of hydrogen-bond acceptors (Lipinski definition) is 5. The molecule has 0 aliphatic heterocycles. The van der Waals surface area contributed by atoms with Crippen LogP contribution in [0.25, 0.3) is 11.3 Å². The molecule has 9 heteroatoms. The van der Waals surface area contributed by atoms with Crippen molar-refractivity contribution in [1.29, 1.82) is 0 Å². The van der Waals surface area contributed by atoms with Gasteiger partial charge in [-0.25, -0.2) is 12.7 Å². The lowest BCUT2D eigenvalue weighted by Gasteiger charge is -2.29. The molecule has 1 amide bonds. The van der Waals surface area contributed by atoms with E-state index in [0.717, 1.165) is 23.6 Å². The first kappa shape index (κ1) is 21.3. The van der Waals surface area contributed by atoms with Gasteiger partial charge in [-0.3, -0.25) is 9.89 Å². The van der Waals surface area contributed by atoms with Crippen molar-refractivity contribution >= 4 is 15.9 Å². The fraction of sp³-hybridized carbons (Fsp3) is 0.500. The van der Waals surface area contributed by atoms with Gasteiger partial charge in [0.15, 0.2) is 0 Å². The number of aromatic nitrogens is 2.